The Bertz CT molecular complexity index is 948. The van der Waals surface area contributed by atoms with Crippen LogP contribution in [0.4, 0.5) is 0 Å². The highest BCUT2D eigenvalue weighted by atomic mass is 35.5. The molecule has 0 N–H and O–H groups in total. The normalized spacial score (nSPS) is 11.0. The van der Waals surface area contributed by atoms with Crippen molar-refractivity contribution in [1.82, 2.24) is 0 Å². The Labute approximate surface area is 147 Å². The highest BCUT2D eigenvalue weighted by Gasteiger charge is 2.10. The zero-order valence-electron chi connectivity index (χ0n) is 12.0. The van der Waals surface area contributed by atoms with Crippen LogP contribution in [-0.4, -0.2) is 0 Å². The maximum atomic E-state index is 11.7. The average molecular weight is 370 g/mol. The molecule has 2 aromatic carbocycles. The first-order valence-electron chi connectivity index (χ1n) is 6.75. The molecule has 1 heterocycles. The van der Waals surface area contributed by atoms with Gasteiger partial charge < -0.3 is 9.15 Å². The van der Waals surface area contributed by atoms with E-state index in [4.69, 9.17) is 44.0 Å². The van der Waals surface area contributed by atoms with Crippen LogP contribution in [-0.2, 0) is 6.61 Å². The molecule has 3 aromatic rings. The summed E-state index contributed by atoms with van der Waals surface area (Å²) in [6.45, 7) is 1.98. The molecule has 0 bridgehead atoms. The molecule has 0 spiro atoms. The van der Waals surface area contributed by atoms with Gasteiger partial charge in [0.05, 0.1) is 5.02 Å². The van der Waals surface area contributed by atoms with Crippen LogP contribution in [0.1, 0.15) is 11.1 Å². The number of hydrogen-bond donors (Lipinski definition) is 0. The lowest BCUT2D eigenvalue weighted by Gasteiger charge is -2.10. The topological polar surface area (TPSA) is 39.4 Å². The predicted molar refractivity (Wildman–Crippen MR) is 93.0 cm³/mol. The van der Waals surface area contributed by atoms with Crippen molar-refractivity contribution in [2.75, 3.05) is 0 Å². The van der Waals surface area contributed by atoms with Gasteiger partial charge in [-0.2, -0.15) is 0 Å². The molecule has 0 saturated heterocycles. The third-order valence-corrected chi connectivity index (χ3v) is 4.34. The van der Waals surface area contributed by atoms with E-state index in [9.17, 15) is 4.79 Å². The van der Waals surface area contributed by atoms with Gasteiger partial charge in [0.15, 0.2) is 0 Å². The Morgan fingerprint density at radius 2 is 1.83 bits per heavy atom. The van der Waals surface area contributed by atoms with Crippen LogP contribution in [0.15, 0.2) is 45.6 Å². The molecule has 6 heteroatoms. The van der Waals surface area contributed by atoms with E-state index in [2.05, 4.69) is 0 Å². The highest BCUT2D eigenvalue weighted by Crippen LogP contribution is 2.30. The van der Waals surface area contributed by atoms with Gasteiger partial charge in [0.25, 0.3) is 0 Å². The third kappa shape index (κ3) is 3.47. The Hall–Kier alpha value is -1.68. The number of fused-ring (bicyclic) bond motifs is 1. The first kappa shape index (κ1) is 16.2. The number of benzene rings is 2. The molecule has 3 nitrogen and oxygen atoms in total. The lowest BCUT2D eigenvalue weighted by atomic mass is 10.1. The number of aryl methyl sites for hydroxylation is 1. The second-order valence-corrected chi connectivity index (χ2v) is 6.30. The minimum atomic E-state index is -0.449. The van der Waals surface area contributed by atoms with Crippen LogP contribution in [0.25, 0.3) is 11.0 Å². The molecule has 0 amide bonds. The van der Waals surface area contributed by atoms with E-state index in [0.29, 0.717) is 32.0 Å². The smallest absolute Gasteiger partial charge is 0.336 e. The Kier molecular flexibility index (Phi) is 4.53. The van der Waals surface area contributed by atoms with Crippen LogP contribution in [0, 0.1) is 6.92 Å². The molecule has 0 fully saturated rings. The van der Waals surface area contributed by atoms with E-state index in [0.717, 1.165) is 10.9 Å². The van der Waals surface area contributed by atoms with E-state index in [-0.39, 0.29) is 6.61 Å². The van der Waals surface area contributed by atoms with Crippen molar-refractivity contribution < 1.29 is 9.15 Å². The van der Waals surface area contributed by atoms with Gasteiger partial charge in [0, 0.05) is 33.1 Å². The average Bonchev–Trinajstić information content (AvgIpc) is 2.49. The molecule has 0 aliphatic heterocycles. The summed E-state index contributed by atoms with van der Waals surface area (Å²) in [6, 6.07) is 9.81. The lowest BCUT2D eigenvalue weighted by Crippen LogP contribution is -2.04. The largest absolute Gasteiger partial charge is 0.487 e. The standard InChI is InChI=1S/C17H11Cl3O3/c1-9-4-15-12(7-14(9)20)10(5-17(21)23-15)8-22-16-6-11(18)2-3-13(16)19/h2-7H,8H2,1H3. The molecule has 118 valence electrons. The van der Waals surface area contributed by atoms with Crippen LogP contribution in [0.2, 0.25) is 15.1 Å². The van der Waals surface area contributed by atoms with Gasteiger partial charge in [0.2, 0.25) is 0 Å². The molecular weight excluding hydrogens is 359 g/mol. The molecule has 3 rings (SSSR count). The summed E-state index contributed by atoms with van der Waals surface area (Å²) >= 11 is 18.2. The summed E-state index contributed by atoms with van der Waals surface area (Å²) < 4.78 is 10.9. The SMILES string of the molecule is Cc1cc2oc(=O)cc(COc3cc(Cl)ccc3Cl)c2cc1Cl. The van der Waals surface area contributed by atoms with Gasteiger partial charge in [-0.3, -0.25) is 0 Å². The number of hydrogen-bond acceptors (Lipinski definition) is 3. The third-order valence-electron chi connectivity index (χ3n) is 3.39. The van der Waals surface area contributed by atoms with Gasteiger partial charge in [-0.25, -0.2) is 4.79 Å². The molecule has 0 saturated carbocycles. The monoisotopic (exact) mass is 368 g/mol. The molecule has 0 radical (unpaired) electrons. The van der Waals surface area contributed by atoms with Crippen LogP contribution < -0.4 is 10.4 Å². The maximum absolute atomic E-state index is 11.7. The van der Waals surface area contributed by atoms with Gasteiger partial charge in [0.1, 0.15) is 17.9 Å². The Morgan fingerprint density at radius 3 is 2.61 bits per heavy atom. The molecular formula is C17H11Cl3O3. The summed E-state index contributed by atoms with van der Waals surface area (Å²) in [5.74, 6) is 0.443. The quantitative estimate of drug-likeness (QED) is 0.561. The molecule has 0 aliphatic rings. The minimum Gasteiger partial charge on any atom is -0.487 e. The number of rotatable bonds is 3. The summed E-state index contributed by atoms with van der Waals surface area (Å²) in [4.78, 5) is 11.7. The van der Waals surface area contributed by atoms with Crippen molar-refractivity contribution in [3.8, 4) is 5.75 Å². The van der Waals surface area contributed by atoms with E-state index in [1.54, 1.807) is 30.3 Å². The summed E-state index contributed by atoms with van der Waals surface area (Å²) in [5, 5.41) is 2.27. The molecule has 23 heavy (non-hydrogen) atoms. The molecule has 0 atom stereocenters. The first-order valence-corrected chi connectivity index (χ1v) is 7.88. The fourth-order valence-corrected chi connectivity index (χ4v) is 2.71. The number of ether oxygens (including phenoxy) is 1. The van der Waals surface area contributed by atoms with Gasteiger partial charge >= 0.3 is 5.63 Å². The second kappa shape index (κ2) is 6.44. The van der Waals surface area contributed by atoms with Crippen molar-refractivity contribution in [1.29, 1.82) is 0 Å². The lowest BCUT2D eigenvalue weighted by molar-refractivity contribution is 0.307. The zero-order valence-corrected chi connectivity index (χ0v) is 14.3. The van der Waals surface area contributed by atoms with Crippen molar-refractivity contribution >= 4 is 45.8 Å². The summed E-state index contributed by atoms with van der Waals surface area (Å²) in [7, 11) is 0. The first-order chi connectivity index (χ1) is 10.9. The summed E-state index contributed by atoms with van der Waals surface area (Å²) in [6.07, 6.45) is 0. The fraction of sp³-hybridized carbons (Fsp3) is 0.118. The molecule has 0 aliphatic carbocycles. The molecule has 0 unspecified atom stereocenters. The van der Waals surface area contributed by atoms with Crippen molar-refractivity contribution in [3.05, 3.63) is 73.0 Å². The van der Waals surface area contributed by atoms with Crippen LogP contribution in [0.5, 0.6) is 5.75 Å². The molecule has 1 aromatic heterocycles. The van der Waals surface area contributed by atoms with Crippen molar-refractivity contribution in [2.45, 2.75) is 13.5 Å². The summed E-state index contributed by atoms with van der Waals surface area (Å²) in [5.41, 5.74) is 1.51. The van der Waals surface area contributed by atoms with Crippen molar-refractivity contribution in [2.24, 2.45) is 0 Å². The van der Waals surface area contributed by atoms with E-state index in [1.807, 2.05) is 6.92 Å². The van der Waals surface area contributed by atoms with Gasteiger partial charge in [-0.1, -0.05) is 34.8 Å². The number of halogens is 3. The Balaban J connectivity index is 2.01. The van der Waals surface area contributed by atoms with E-state index >= 15 is 0 Å². The maximum Gasteiger partial charge on any atom is 0.336 e. The fourth-order valence-electron chi connectivity index (χ4n) is 2.21. The van der Waals surface area contributed by atoms with Crippen molar-refractivity contribution in [3.63, 3.8) is 0 Å². The van der Waals surface area contributed by atoms with Crippen LogP contribution in [0.3, 0.4) is 0 Å². The van der Waals surface area contributed by atoms with Gasteiger partial charge in [-0.15, -0.1) is 0 Å². The second-order valence-electron chi connectivity index (χ2n) is 5.05. The van der Waals surface area contributed by atoms with Crippen LogP contribution >= 0.6 is 34.8 Å². The van der Waals surface area contributed by atoms with E-state index < -0.39 is 5.63 Å². The Morgan fingerprint density at radius 1 is 1.04 bits per heavy atom. The zero-order chi connectivity index (χ0) is 16.6. The highest BCUT2D eigenvalue weighted by molar-refractivity contribution is 6.34. The van der Waals surface area contributed by atoms with Gasteiger partial charge in [-0.05, 0) is 36.8 Å². The predicted octanol–water partition coefficient (Wildman–Crippen LogP) is 5.64. The minimum absolute atomic E-state index is 0.140. The van der Waals surface area contributed by atoms with E-state index in [1.165, 1.54) is 6.07 Å².